The van der Waals surface area contributed by atoms with E-state index in [-0.39, 0.29) is 12.3 Å². The molecule has 33 heavy (non-hydrogen) atoms. The second kappa shape index (κ2) is 11.9. The summed E-state index contributed by atoms with van der Waals surface area (Å²) in [5, 5.41) is 16.4. The third kappa shape index (κ3) is 7.77. The zero-order valence-corrected chi connectivity index (χ0v) is 20.6. The summed E-state index contributed by atoms with van der Waals surface area (Å²) in [6.07, 6.45) is 5.77. The Morgan fingerprint density at radius 1 is 1.24 bits per heavy atom. The fraction of sp³-hybridized carbons (Fsp3) is 0.565. The van der Waals surface area contributed by atoms with Crippen molar-refractivity contribution >= 4 is 43.3 Å². The number of carboxylic acids is 1. The van der Waals surface area contributed by atoms with Crippen molar-refractivity contribution in [2.75, 3.05) is 25.4 Å². The van der Waals surface area contributed by atoms with Gasteiger partial charge in [0.1, 0.15) is 6.04 Å². The highest BCUT2D eigenvalue weighted by atomic mass is 32.2. The molecule has 0 radical (unpaired) electrons. The quantitative estimate of drug-likeness (QED) is 0.359. The first-order valence-corrected chi connectivity index (χ1v) is 14.0. The molecule has 0 spiro atoms. The maximum atomic E-state index is 12.6. The number of nitrogens with one attached hydrogen (secondary N) is 3. The molecule has 1 aliphatic rings. The first-order chi connectivity index (χ1) is 15.8. The van der Waals surface area contributed by atoms with Crippen LogP contribution in [0, 0.1) is 5.92 Å². The highest BCUT2D eigenvalue weighted by Gasteiger charge is 2.24. The van der Waals surface area contributed by atoms with Crippen LogP contribution in [0.5, 0.6) is 0 Å². The Morgan fingerprint density at radius 2 is 2.00 bits per heavy atom. The van der Waals surface area contributed by atoms with E-state index in [9.17, 15) is 23.1 Å². The normalized spacial score (nSPS) is 16.0. The molecule has 0 aliphatic carbocycles. The van der Waals surface area contributed by atoms with Gasteiger partial charge >= 0.3 is 5.97 Å². The molecule has 0 saturated carbocycles. The Labute approximate surface area is 199 Å². The molecular formula is C23H33N3O5S2. The number of carbonyl (C=O) groups excluding carboxylic acids is 1. The number of sulfonamides is 1. The number of benzene rings is 1. The van der Waals surface area contributed by atoms with Crippen LogP contribution in [0.4, 0.5) is 0 Å². The van der Waals surface area contributed by atoms with E-state index in [0.717, 1.165) is 35.5 Å². The molecule has 10 heteroatoms. The number of unbranched alkanes of at least 4 members (excludes halogenated alkanes) is 1. The minimum atomic E-state index is -3.72. The molecule has 1 aliphatic heterocycles. The van der Waals surface area contributed by atoms with Crippen LogP contribution in [0.2, 0.25) is 0 Å². The SMILES string of the molecule is CCCCS(=O)(=O)N[C@@H](CNC(=O)c1ccc2cc(CCC3CCNCC3)sc2c1)C(=O)O. The van der Waals surface area contributed by atoms with Crippen LogP contribution in [0.3, 0.4) is 0 Å². The van der Waals surface area contributed by atoms with E-state index in [1.807, 2.05) is 19.1 Å². The minimum Gasteiger partial charge on any atom is -0.480 e. The number of thiophene rings is 1. The molecule has 0 bridgehead atoms. The maximum Gasteiger partial charge on any atom is 0.323 e. The molecular weight excluding hydrogens is 462 g/mol. The van der Waals surface area contributed by atoms with Gasteiger partial charge in [0.2, 0.25) is 10.0 Å². The fourth-order valence-electron chi connectivity index (χ4n) is 3.95. The number of hydrogen-bond acceptors (Lipinski definition) is 6. The molecule has 1 amide bonds. The van der Waals surface area contributed by atoms with Crippen molar-refractivity contribution in [3.63, 3.8) is 0 Å². The molecule has 1 aromatic carbocycles. The van der Waals surface area contributed by atoms with Crippen LogP contribution in [0.1, 0.15) is 54.3 Å². The standard InChI is InChI=1S/C23H33N3O5S2/c1-2-3-12-33(30,31)26-20(23(28)29)15-25-22(27)18-6-5-17-13-19(32-21(17)14-18)7-4-16-8-10-24-11-9-16/h5-6,13-14,16,20,24,26H,2-4,7-12,15H2,1H3,(H,25,27)(H,28,29)/t20-/m0/s1. The molecule has 8 nitrogen and oxygen atoms in total. The van der Waals surface area contributed by atoms with Gasteiger partial charge in [-0.15, -0.1) is 11.3 Å². The molecule has 1 fully saturated rings. The van der Waals surface area contributed by atoms with Crippen LogP contribution in [-0.2, 0) is 21.2 Å². The molecule has 2 aromatic rings. The molecule has 1 saturated heterocycles. The van der Waals surface area contributed by atoms with Crippen LogP contribution < -0.4 is 15.4 Å². The number of hydrogen-bond donors (Lipinski definition) is 4. The summed E-state index contributed by atoms with van der Waals surface area (Å²) >= 11 is 1.68. The summed E-state index contributed by atoms with van der Waals surface area (Å²) < 4.78 is 27.2. The molecule has 182 valence electrons. The Kier molecular flexibility index (Phi) is 9.25. The van der Waals surface area contributed by atoms with E-state index in [4.69, 9.17) is 0 Å². The fourth-order valence-corrected chi connectivity index (χ4v) is 6.48. The monoisotopic (exact) mass is 495 g/mol. The van der Waals surface area contributed by atoms with Crippen LogP contribution >= 0.6 is 11.3 Å². The van der Waals surface area contributed by atoms with Gasteiger partial charge in [0.05, 0.1) is 5.75 Å². The van der Waals surface area contributed by atoms with Crippen molar-refractivity contribution in [2.45, 2.75) is 51.5 Å². The first-order valence-electron chi connectivity index (χ1n) is 11.5. The van der Waals surface area contributed by atoms with Gasteiger partial charge in [-0.3, -0.25) is 9.59 Å². The molecule has 2 heterocycles. The van der Waals surface area contributed by atoms with Crippen molar-refractivity contribution in [1.82, 2.24) is 15.4 Å². The zero-order chi connectivity index (χ0) is 23.8. The second-order valence-corrected chi connectivity index (χ2v) is 11.6. The number of fused-ring (bicyclic) bond motifs is 1. The smallest absolute Gasteiger partial charge is 0.323 e. The maximum absolute atomic E-state index is 12.6. The lowest BCUT2D eigenvalue weighted by Crippen LogP contribution is -2.48. The molecule has 1 aromatic heterocycles. The Bertz CT molecular complexity index is 1060. The largest absolute Gasteiger partial charge is 0.480 e. The topological polar surface area (TPSA) is 125 Å². The molecule has 4 N–H and O–H groups in total. The summed E-state index contributed by atoms with van der Waals surface area (Å²) in [5.74, 6) is -1.14. The van der Waals surface area contributed by atoms with E-state index < -0.39 is 27.9 Å². The van der Waals surface area contributed by atoms with E-state index in [1.54, 1.807) is 17.4 Å². The average Bonchev–Trinajstić information content (AvgIpc) is 3.21. The predicted octanol–water partition coefficient (Wildman–Crippen LogP) is 2.74. The lowest BCUT2D eigenvalue weighted by atomic mass is 9.93. The first kappa shape index (κ1) is 25.6. The molecule has 1 atom stereocenters. The van der Waals surface area contributed by atoms with Gasteiger partial charge in [0, 0.05) is 21.7 Å². The number of carbonyl (C=O) groups is 2. The van der Waals surface area contributed by atoms with Gasteiger partial charge < -0.3 is 15.7 Å². The summed E-state index contributed by atoms with van der Waals surface area (Å²) in [6.45, 7) is 3.72. The van der Waals surface area contributed by atoms with E-state index in [0.29, 0.717) is 18.4 Å². The minimum absolute atomic E-state index is 0.143. The average molecular weight is 496 g/mol. The number of rotatable bonds is 12. The lowest BCUT2D eigenvalue weighted by molar-refractivity contribution is -0.138. The predicted molar refractivity (Wildman–Crippen MR) is 131 cm³/mol. The Hall–Kier alpha value is -2.01. The van der Waals surface area contributed by atoms with Crippen molar-refractivity contribution < 1.29 is 23.1 Å². The number of carboxylic acid groups (broad SMARTS) is 1. The van der Waals surface area contributed by atoms with Crippen molar-refractivity contribution in [3.8, 4) is 0 Å². The van der Waals surface area contributed by atoms with Crippen molar-refractivity contribution in [3.05, 3.63) is 34.7 Å². The van der Waals surface area contributed by atoms with Gasteiger partial charge in [0.15, 0.2) is 0 Å². The Morgan fingerprint density at radius 3 is 2.70 bits per heavy atom. The highest BCUT2D eigenvalue weighted by Crippen LogP contribution is 2.29. The number of aliphatic carboxylic acids is 1. The van der Waals surface area contributed by atoms with Gasteiger partial charge in [-0.2, -0.15) is 4.72 Å². The number of aryl methyl sites for hydroxylation is 1. The lowest BCUT2D eigenvalue weighted by Gasteiger charge is -2.22. The van der Waals surface area contributed by atoms with Crippen molar-refractivity contribution in [1.29, 1.82) is 0 Å². The molecule has 3 rings (SSSR count). The van der Waals surface area contributed by atoms with Crippen molar-refractivity contribution in [2.24, 2.45) is 5.92 Å². The van der Waals surface area contributed by atoms with Gasteiger partial charge in [-0.25, -0.2) is 8.42 Å². The Balaban J connectivity index is 1.58. The third-order valence-electron chi connectivity index (χ3n) is 5.94. The number of amides is 1. The van der Waals surface area contributed by atoms with Gasteiger partial charge in [0.25, 0.3) is 5.91 Å². The van der Waals surface area contributed by atoms with Crippen LogP contribution in [0.25, 0.3) is 10.1 Å². The second-order valence-electron chi connectivity index (χ2n) is 8.59. The van der Waals surface area contributed by atoms with E-state index in [2.05, 4.69) is 21.4 Å². The van der Waals surface area contributed by atoms with Gasteiger partial charge in [-0.1, -0.05) is 19.4 Å². The summed E-state index contributed by atoms with van der Waals surface area (Å²) in [5.41, 5.74) is 0.423. The van der Waals surface area contributed by atoms with Crippen LogP contribution in [-0.4, -0.2) is 56.8 Å². The highest BCUT2D eigenvalue weighted by molar-refractivity contribution is 7.89. The number of piperidine rings is 1. The van der Waals surface area contributed by atoms with Gasteiger partial charge in [-0.05, 0) is 74.7 Å². The summed E-state index contributed by atoms with van der Waals surface area (Å²) in [6, 6.07) is 6.18. The van der Waals surface area contributed by atoms with E-state index >= 15 is 0 Å². The summed E-state index contributed by atoms with van der Waals surface area (Å²) in [7, 11) is -3.72. The zero-order valence-electron chi connectivity index (χ0n) is 18.9. The molecule has 0 unspecified atom stereocenters. The van der Waals surface area contributed by atoms with E-state index in [1.165, 1.54) is 24.1 Å². The van der Waals surface area contributed by atoms with Crippen LogP contribution in [0.15, 0.2) is 24.3 Å². The summed E-state index contributed by atoms with van der Waals surface area (Å²) in [4.78, 5) is 25.4. The third-order valence-corrected chi connectivity index (χ3v) is 8.57.